The smallest absolute Gasteiger partial charge is 0.273 e. The number of nitrogens with zero attached hydrogens (tertiary/aromatic N) is 2. The van der Waals surface area contributed by atoms with Crippen LogP contribution < -0.4 is 10.1 Å². The minimum atomic E-state index is -0.239. The second-order valence-electron chi connectivity index (χ2n) is 5.29. The van der Waals surface area contributed by atoms with E-state index in [1.54, 1.807) is 20.1 Å². The van der Waals surface area contributed by atoms with Crippen molar-refractivity contribution in [1.82, 2.24) is 15.4 Å². The number of hydrogen-bond acceptors (Lipinski definition) is 5. The summed E-state index contributed by atoms with van der Waals surface area (Å²) in [5.41, 5.74) is 1.40. The summed E-state index contributed by atoms with van der Waals surface area (Å²) in [5, 5.41) is 6.60. The van der Waals surface area contributed by atoms with Crippen LogP contribution in [0.3, 0.4) is 0 Å². The van der Waals surface area contributed by atoms with Crippen molar-refractivity contribution in [2.45, 2.75) is 13.0 Å². The first kappa shape index (κ1) is 16.0. The monoisotopic (exact) mass is 303 g/mol. The molecule has 0 spiro atoms. The molecule has 6 nitrogen and oxygen atoms in total. The van der Waals surface area contributed by atoms with Crippen molar-refractivity contribution in [2.75, 3.05) is 27.7 Å². The summed E-state index contributed by atoms with van der Waals surface area (Å²) < 4.78 is 10.1. The van der Waals surface area contributed by atoms with Crippen LogP contribution in [0.2, 0.25) is 0 Å². The lowest BCUT2D eigenvalue weighted by Crippen LogP contribution is -2.34. The van der Waals surface area contributed by atoms with Gasteiger partial charge in [0, 0.05) is 12.6 Å². The Bertz CT molecular complexity index is 620. The van der Waals surface area contributed by atoms with E-state index in [2.05, 4.69) is 15.4 Å². The van der Waals surface area contributed by atoms with E-state index < -0.39 is 0 Å². The lowest BCUT2D eigenvalue weighted by molar-refractivity contribution is 0.0933. The number of likely N-dealkylation sites (N-methyl/N-ethyl adjacent to an activating group) is 1. The number of aromatic nitrogens is 1. The zero-order chi connectivity index (χ0) is 16.1. The van der Waals surface area contributed by atoms with Gasteiger partial charge in [-0.2, -0.15) is 0 Å². The van der Waals surface area contributed by atoms with E-state index in [4.69, 9.17) is 9.26 Å². The van der Waals surface area contributed by atoms with E-state index in [1.807, 2.05) is 38.4 Å². The maximum atomic E-state index is 12.0. The zero-order valence-corrected chi connectivity index (χ0v) is 13.3. The van der Waals surface area contributed by atoms with Gasteiger partial charge in [0.2, 0.25) is 0 Å². The van der Waals surface area contributed by atoms with Crippen LogP contribution in [0.4, 0.5) is 0 Å². The van der Waals surface area contributed by atoms with Crippen molar-refractivity contribution in [3.63, 3.8) is 0 Å². The Hall–Kier alpha value is -2.34. The normalized spacial score (nSPS) is 12.2. The molecule has 1 heterocycles. The van der Waals surface area contributed by atoms with E-state index in [0.29, 0.717) is 18.0 Å². The molecule has 0 saturated carbocycles. The SMILES string of the molecule is COc1ccc([C@H](CNC(=O)c2cc(C)on2)N(C)C)cc1. The van der Waals surface area contributed by atoms with Gasteiger partial charge >= 0.3 is 0 Å². The van der Waals surface area contributed by atoms with Gasteiger partial charge in [-0.3, -0.25) is 4.79 Å². The van der Waals surface area contributed by atoms with Gasteiger partial charge in [0.25, 0.3) is 5.91 Å². The molecule has 2 aromatic rings. The van der Waals surface area contributed by atoms with Gasteiger partial charge in [-0.1, -0.05) is 17.3 Å². The summed E-state index contributed by atoms with van der Waals surface area (Å²) in [7, 11) is 5.58. The molecule has 1 N–H and O–H groups in total. The number of carbonyl (C=O) groups is 1. The van der Waals surface area contributed by atoms with Crippen LogP contribution in [0.25, 0.3) is 0 Å². The molecule has 6 heteroatoms. The van der Waals surface area contributed by atoms with E-state index in [-0.39, 0.29) is 11.9 Å². The number of methoxy groups -OCH3 is 1. The highest BCUT2D eigenvalue weighted by atomic mass is 16.5. The van der Waals surface area contributed by atoms with Gasteiger partial charge in [-0.05, 0) is 38.7 Å². The quantitative estimate of drug-likeness (QED) is 0.884. The van der Waals surface area contributed by atoms with E-state index in [0.717, 1.165) is 11.3 Å². The number of benzene rings is 1. The molecule has 0 saturated heterocycles. The summed E-state index contributed by atoms with van der Waals surface area (Å²) in [5.74, 6) is 1.19. The van der Waals surface area contributed by atoms with Crippen LogP contribution in [-0.2, 0) is 0 Å². The lowest BCUT2D eigenvalue weighted by Gasteiger charge is -2.25. The van der Waals surface area contributed by atoms with Crippen LogP contribution in [0.1, 0.15) is 27.9 Å². The maximum Gasteiger partial charge on any atom is 0.273 e. The topological polar surface area (TPSA) is 67.6 Å². The highest BCUT2D eigenvalue weighted by Crippen LogP contribution is 2.20. The first-order valence-electron chi connectivity index (χ1n) is 7.03. The summed E-state index contributed by atoms with van der Waals surface area (Å²) in [6, 6.07) is 9.49. The molecule has 0 radical (unpaired) electrons. The Morgan fingerprint density at radius 1 is 1.36 bits per heavy atom. The molecule has 0 aliphatic carbocycles. The van der Waals surface area contributed by atoms with Crippen molar-refractivity contribution in [3.8, 4) is 5.75 Å². The van der Waals surface area contributed by atoms with Crippen LogP contribution >= 0.6 is 0 Å². The van der Waals surface area contributed by atoms with E-state index >= 15 is 0 Å². The van der Waals surface area contributed by atoms with Gasteiger partial charge in [0.1, 0.15) is 11.5 Å². The fourth-order valence-electron chi connectivity index (χ4n) is 2.18. The number of amides is 1. The highest BCUT2D eigenvalue weighted by molar-refractivity contribution is 5.92. The molecule has 0 bridgehead atoms. The standard InChI is InChI=1S/C16H21N3O3/c1-11-9-14(18-22-11)16(20)17-10-15(19(2)3)12-5-7-13(21-4)8-6-12/h5-9,15H,10H2,1-4H3,(H,17,20)/t15-/m0/s1. The van der Waals surface area contributed by atoms with E-state index in [9.17, 15) is 4.79 Å². The fraction of sp³-hybridized carbons (Fsp3) is 0.375. The first-order valence-corrected chi connectivity index (χ1v) is 7.03. The molecule has 1 amide bonds. The number of ether oxygens (including phenoxy) is 1. The summed E-state index contributed by atoms with van der Waals surface area (Å²) in [6.07, 6.45) is 0. The predicted octanol–water partition coefficient (Wildman–Crippen LogP) is 2.02. The molecular formula is C16H21N3O3. The second kappa shape index (κ2) is 7.09. The summed E-state index contributed by atoms with van der Waals surface area (Å²) in [6.45, 7) is 2.23. The van der Waals surface area contributed by atoms with Crippen molar-refractivity contribution >= 4 is 5.91 Å². The average molecular weight is 303 g/mol. The zero-order valence-electron chi connectivity index (χ0n) is 13.3. The third-order valence-electron chi connectivity index (χ3n) is 3.44. The van der Waals surface area contributed by atoms with Crippen LogP contribution in [0.5, 0.6) is 5.75 Å². The summed E-state index contributed by atoms with van der Waals surface area (Å²) >= 11 is 0. The summed E-state index contributed by atoms with van der Waals surface area (Å²) in [4.78, 5) is 14.1. The molecule has 1 aromatic carbocycles. The second-order valence-corrected chi connectivity index (χ2v) is 5.29. The minimum absolute atomic E-state index is 0.0582. The highest BCUT2D eigenvalue weighted by Gasteiger charge is 2.17. The van der Waals surface area contributed by atoms with Gasteiger partial charge in [-0.25, -0.2) is 0 Å². The minimum Gasteiger partial charge on any atom is -0.497 e. The number of hydrogen-bond donors (Lipinski definition) is 1. The molecule has 2 rings (SSSR count). The molecule has 118 valence electrons. The number of aryl methyl sites for hydroxylation is 1. The van der Waals surface area contributed by atoms with Gasteiger partial charge in [-0.15, -0.1) is 0 Å². The first-order chi connectivity index (χ1) is 10.5. The molecule has 0 aliphatic rings. The van der Waals surface area contributed by atoms with Crippen LogP contribution in [0, 0.1) is 6.92 Å². The third-order valence-corrected chi connectivity index (χ3v) is 3.44. The Morgan fingerprint density at radius 2 is 2.05 bits per heavy atom. The van der Waals surface area contributed by atoms with E-state index in [1.165, 1.54) is 0 Å². The predicted molar refractivity (Wildman–Crippen MR) is 83.0 cm³/mol. The third kappa shape index (κ3) is 3.85. The van der Waals surface area contributed by atoms with Gasteiger partial charge < -0.3 is 19.5 Å². The molecule has 1 atom stereocenters. The molecule has 1 aromatic heterocycles. The van der Waals surface area contributed by atoms with Crippen molar-refractivity contribution < 1.29 is 14.1 Å². The molecule has 0 fully saturated rings. The molecule has 22 heavy (non-hydrogen) atoms. The molecule has 0 unspecified atom stereocenters. The van der Waals surface area contributed by atoms with Crippen LogP contribution in [-0.4, -0.2) is 43.7 Å². The Labute approximate surface area is 130 Å². The number of carbonyl (C=O) groups excluding carboxylic acids is 1. The average Bonchev–Trinajstić information content (AvgIpc) is 2.94. The van der Waals surface area contributed by atoms with Crippen molar-refractivity contribution in [1.29, 1.82) is 0 Å². The van der Waals surface area contributed by atoms with Crippen molar-refractivity contribution in [3.05, 3.63) is 47.3 Å². The molecular weight excluding hydrogens is 282 g/mol. The van der Waals surface area contributed by atoms with Crippen LogP contribution in [0.15, 0.2) is 34.9 Å². The van der Waals surface area contributed by atoms with Crippen molar-refractivity contribution in [2.24, 2.45) is 0 Å². The Kier molecular flexibility index (Phi) is 5.16. The largest absolute Gasteiger partial charge is 0.497 e. The van der Waals surface area contributed by atoms with Gasteiger partial charge in [0.05, 0.1) is 13.2 Å². The number of nitrogens with one attached hydrogen (secondary N) is 1. The molecule has 0 aliphatic heterocycles. The number of rotatable bonds is 6. The Morgan fingerprint density at radius 3 is 2.55 bits per heavy atom. The fourth-order valence-corrected chi connectivity index (χ4v) is 2.18. The van der Waals surface area contributed by atoms with Gasteiger partial charge in [0.15, 0.2) is 5.69 Å². The lowest BCUT2D eigenvalue weighted by atomic mass is 10.1. The Balaban J connectivity index is 2.03. The maximum absolute atomic E-state index is 12.0.